The highest BCUT2D eigenvalue weighted by molar-refractivity contribution is 5.93. The van der Waals surface area contributed by atoms with Gasteiger partial charge in [0.1, 0.15) is 11.4 Å². The fourth-order valence-corrected chi connectivity index (χ4v) is 4.66. The van der Waals surface area contributed by atoms with Crippen molar-refractivity contribution in [3.05, 3.63) is 53.3 Å². The van der Waals surface area contributed by atoms with Crippen LogP contribution in [-0.2, 0) is 27.4 Å². The molecule has 0 spiro atoms. The van der Waals surface area contributed by atoms with E-state index in [1.165, 1.54) is 6.92 Å². The van der Waals surface area contributed by atoms with Crippen LogP contribution in [0.2, 0.25) is 0 Å². The number of pyridine rings is 1. The van der Waals surface area contributed by atoms with Crippen LogP contribution in [0.3, 0.4) is 0 Å². The third-order valence-electron chi connectivity index (χ3n) is 6.46. The Bertz CT molecular complexity index is 1330. The lowest BCUT2D eigenvalue weighted by Crippen LogP contribution is -2.41. The number of tetrazole rings is 1. The first-order valence-corrected chi connectivity index (χ1v) is 12.9. The molecule has 2 N–H and O–H groups in total. The molecule has 0 unspecified atom stereocenters. The van der Waals surface area contributed by atoms with Gasteiger partial charge in [0.25, 0.3) is 11.8 Å². The third kappa shape index (κ3) is 8.06. The predicted molar refractivity (Wildman–Crippen MR) is 140 cm³/mol. The van der Waals surface area contributed by atoms with E-state index in [4.69, 9.17) is 9.47 Å². The number of nitrogens with one attached hydrogen (secondary N) is 2. The Morgan fingerprint density at radius 1 is 1.15 bits per heavy atom. The Labute approximate surface area is 226 Å². The van der Waals surface area contributed by atoms with Crippen molar-refractivity contribution in [2.45, 2.75) is 58.7 Å². The summed E-state index contributed by atoms with van der Waals surface area (Å²) in [7, 11) is 1.60. The summed E-state index contributed by atoms with van der Waals surface area (Å²) in [4.78, 5) is 41.7. The molecule has 2 amide bonds. The zero-order chi connectivity index (χ0) is 27.8. The molecule has 0 bridgehead atoms. The number of ether oxygens (including phenoxy) is 2. The SMILES string of the molecule is COc1cccc(CNC(=O)c2cc(-c3nnn(C[C@H]4CCC[C@@H](NC(=O)COC(C)=O)C4)n3)cc(C)n2)c1. The van der Waals surface area contributed by atoms with Gasteiger partial charge in [-0.15, -0.1) is 10.2 Å². The second-order valence-electron chi connectivity index (χ2n) is 9.66. The number of esters is 1. The van der Waals surface area contributed by atoms with Crippen molar-refractivity contribution in [1.82, 2.24) is 35.8 Å². The van der Waals surface area contributed by atoms with E-state index in [0.29, 0.717) is 30.2 Å². The minimum Gasteiger partial charge on any atom is -0.497 e. The number of methoxy groups -OCH3 is 1. The largest absolute Gasteiger partial charge is 0.497 e. The lowest BCUT2D eigenvalue weighted by atomic mass is 9.85. The minimum atomic E-state index is -0.481. The van der Waals surface area contributed by atoms with Gasteiger partial charge in [-0.1, -0.05) is 18.6 Å². The number of rotatable bonds is 10. The molecule has 39 heavy (non-hydrogen) atoms. The second-order valence-corrected chi connectivity index (χ2v) is 9.66. The van der Waals surface area contributed by atoms with Crippen molar-refractivity contribution in [2.75, 3.05) is 13.7 Å². The summed E-state index contributed by atoms with van der Waals surface area (Å²) in [6.45, 7) is 3.71. The maximum atomic E-state index is 12.8. The Hall–Kier alpha value is -4.35. The van der Waals surface area contributed by atoms with Gasteiger partial charge in [0.05, 0.1) is 13.7 Å². The Morgan fingerprint density at radius 3 is 2.79 bits per heavy atom. The molecular formula is C27H33N7O5. The summed E-state index contributed by atoms with van der Waals surface area (Å²) in [5.41, 5.74) is 2.49. The highest BCUT2D eigenvalue weighted by Gasteiger charge is 2.25. The maximum Gasteiger partial charge on any atom is 0.303 e. The lowest BCUT2D eigenvalue weighted by molar-refractivity contribution is -0.146. The van der Waals surface area contributed by atoms with Crippen molar-refractivity contribution in [3.63, 3.8) is 0 Å². The van der Waals surface area contributed by atoms with E-state index in [1.807, 2.05) is 37.3 Å². The van der Waals surface area contributed by atoms with Crippen LogP contribution in [0.15, 0.2) is 36.4 Å². The molecule has 0 saturated heterocycles. The first-order chi connectivity index (χ1) is 18.8. The summed E-state index contributed by atoms with van der Waals surface area (Å²) in [5.74, 6) is 0.304. The summed E-state index contributed by atoms with van der Waals surface area (Å²) >= 11 is 0. The van der Waals surface area contributed by atoms with Crippen LogP contribution in [0, 0.1) is 12.8 Å². The molecule has 1 aromatic carbocycles. The van der Waals surface area contributed by atoms with Gasteiger partial charge in [-0.05, 0) is 67.1 Å². The molecule has 0 radical (unpaired) electrons. The first kappa shape index (κ1) is 27.7. The van der Waals surface area contributed by atoms with E-state index in [2.05, 4.69) is 31.0 Å². The van der Waals surface area contributed by atoms with Gasteiger partial charge in [0.15, 0.2) is 6.61 Å². The highest BCUT2D eigenvalue weighted by Crippen LogP contribution is 2.26. The number of benzene rings is 1. The molecule has 12 heteroatoms. The second kappa shape index (κ2) is 12.9. The van der Waals surface area contributed by atoms with E-state index in [0.717, 1.165) is 37.0 Å². The smallest absolute Gasteiger partial charge is 0.303 e. The molecule has 1 aliphatic rings. The first-order valence-electron chi connectivity index (χ1n) is 12.9. The quantitative estimate of drug-likeness (QED) is 0.373. The fraction of sp³-hybridized carbons (Fsp3) is 0.444. The zero-order valence-electron chi connectivity index (χ0n) is 22.3. The number of carbonyl (C=O) groups is 3. The molecule has 12 nitrogen and oxygen atoms in total. The monoisotopic (exact) mass is 535 g/mol. The van der Waals surface area contributed by atoms with Crippen LogP contribution >= 0.6 is 0 Å². The number of hydrogen-bond donors (Lipinski definition) is 2. The molecule has 2 heterocycles. The normalized spacial score (nSPS) is 16.8. The summed E-state index contributed by atoms with van der Waals surface area (Å²) in [6, 6.07) is 11.0. The van der Waals surface area contributed by atoms with Gasteiger partial charge in [-0.3, -0.25) is 14.4 Å². The highest BCUT2D eigenvalue weighted by atomic mass is 16.5. The molecule has 2 atom stereocenters. The molecule has 2 aromatic heterocycles. The van der Waals surface area contributed by atoms with Gasteiger partial charge in [-0.2, -0.15) is 4.80 Å². The molecular weight excluding hydrogens is 502 g/mol. The van der Waals surface area contributed by atoms with Crippen molar-refractivity contribution in [1.29, 1.82) is 0 Å². The molecule has 206 valence electrons. The minimum absolute atomic E-state index is 0.00990. The molecule has 0 aliphatic heterocycles. The van der Waals surface area contributed by atoms with E-state index in [-0.39, 0.29) is 36.1 Å². The summed E-state index contributed by atoms with van der Waals surface area (Å²) in [5, 5.41) is 18.8. The van der Waals surface area contributed by atoms with Crippen LogP contribution in [0.5, 0.6) is 5.75 Å². The lowest BCUT2D eigenvalue weighted by Gasteiger charge is -2.29. The van der Waals surface area contributed by atoms with E-state index in [1.54, 1.807) is 18.0 Å². The Kier molecular flexibility index (Phi) is 9.18. The molecule has 3 aromatic rings. The van der Waals surface area contributed by atoms with Crippen molar-refractivity contribution in [3.8, 4) is 17.1 Å². The topological polar surface area (TPSA) is 150 Å². The number of amides is 2. The molecule has 4 rings (SSSR count). The van der Waals surface area contributed by atoms with Crippen LogP contribution in [0.4, 0.5) is 0 Å². The van der Waals surface area contributed by atoms with E-state index >= 15 is 0 Å². The van der Waals surface area contributed by atoms with E-state index in [9.17, 15) is 14.4 Å². The van der Waals surface area contributed by atoms with Crippen LogP contribution in [0.1, 0.15) is 54.4 Å². The number of aryl methyl sites for hydroxylation is 1. The molecule has 1 saturated carbocycles. The van der Waals surface area contributed by atoms with E-state index < -0.39 is 5.97 Å². The van der Waals surface area contributed by atoms with Crippen molar-refractivity contribution < 1.29 is 23.9 Å². The van der Waals surface area contributed by atoms with Crippen molar-refractivity contribution >= 4 is 17.8 Å². The predicted octanol–water partition coefficient (Wildman–Crippen LogP) is 2.22. The maximum absolute atomic E-state index is 12.8. The van der Waals surface area contributed by atoms with Gasteiger partial charge in [-0.25, -0.2) is 4.98 Å². The number of aromatic nitrogens is 5. The number of hydrogen-bond acceptors (Lipinski definition) is 9. The van der Waals surface area contributed by atoms with Gasteiger partial charge in [0, 0.05) is 30.8 Å². The summed E-state index contributed by atoms with van der Waals surface area (Å²) < 4.78 is 10.0. The molecule has 1 aliphatic carbocycles. The number of nitrogens with zero attached hydrogens (tertiary/aromatic N) is 5. The van der Waals surface area contributed by atoms with Gasteiger partial charge < -0.3 is 20.1 Å². The van der Waals surface area contributed by atoms with Crippen LogP contribution in [-0.4, -0.2) is 62.7 Å². The summed E-state index contributed by atoms with van der Waals surface area (Å²) in [6.07, 6.45) is 3.59. The standard InChI is InChI=1S/C27H33N7O5/c1-17-10-21(13-24(29-17)27(37)28-14-19-6-5-9-23(12-19)38-3)26-31-33-34(32-26)15-20-7-4-8-22(11-20)30-25(36)16-39-18(2)35/h5-6,9-10,12-13,20,22H,4,7-8,11,14-16H2,1-3H3,(H,28,37)(H,30,36)/t20-,22+/m0/s1. The average molecular weight is 536 g/mol. The van der Waals surface area contributed by atoms with Crippen LogP contribution in [0.25, 0.3) is 11.4 Å². The molecule has 1 fully saturated rings. The fourth-order valence-electron chi connectivity index (χ4n) is 4.66. The zero-order valence-corrected chi connectivity index (χ0v) is 22.3. The van der Waals surface area contributed by atoms with Gasteiger partial charge in [0.2, 0.25) is 5.82 Å². The Balaban J connectivity index is 1.35. The third-order valence-corrected chi connectivity index (χ3v) is 6.46. The van der Waals surface area contributed by atoms with Crippen LogP contribution < -0.4 is 15.4 Å². The number of carbonyl (C=O) groups excluding carboxylic acids is 3. The van der Waals surface area contributed by atoms with Gasteiger partial charge >= 0.3 is 5.97 Å². The van der Waals surface area contributed by atoms with Crippen molar-refractivity contribution in [2.24, 2.45) is 5.92 Å². The average Bonchev–Trinajstić information content (AvgIpc) is 3.39. The Morgan fingerprint density at radius 2 is 2.00 bits per heavy atom.